The number of furan rings is 1. The van der Waals surface area contributed by atoms with Crippen LogP contribution in [0.15, 0.2) is 34.9 Å². The van der Waals surface area contributed by atoms with Crippen molar-refractivity contribution in [1.82, 2.24) is 20.0 Å². The second-order valence-electron chi connectivity index (χ2n) is 6.61. The maximum atomic E-state index is 12.3. The van der Waals surface area contributed by atoms with E-state index in [0.29, 0.717) is 50.0 Å². The van der Waals surface area contributed by atoms with Crippen molar-refractivity contribution >= 4 is 17.6 Å². The largest absolute Gasteiger partial charge is 0.459 e. The Morgan fingerprint density at radius 2 is 1.93 bits per heavy atom. The Bertz CT molecular complexity index is 752. The van der Waals surface area contributed by atoms with E-state index in [-0.39, 0.29) is 11.8 Å². The van der Waals surface area contributed by atoms with Gasteiger partial charge in [-0.1, -0.05) is 13.3 Å². The number of rotatable bonds is 6. The van der Waals surface area contributed by atoms with E-state index in [1.54, 1.807) is 35.0 Å². The van der Waals surface area contributed by atoms with Crippen LogP contribution in [0, 0.1) is 0 Å². The first-order valence-electron chi connectivity index (χ1n) is 9.27. The molecule has 2 amide bonds. The number of aromatic nitrogens is 2. The number of nitrogens with zero attached hydrogens (tertiary/aromatic N) is 5. The van der Waals surface area contributed by atoms with E-state index in [4.69, 9.17) is 4.42 Å². The lowest BCUT2D eigenvalue weighted by atomic mass is 10.2. The highest BCUT2D eigenvalue weighted by molar-refractivity contribution is 5.92. The number of anilines is 1. The van der Waals surface area contributed by atoms with Crippen molar-refractivity contribution in [2.45, 2.75) is 19.8 Å². The molecule has 3 rings (SSSR count). The predicted octanol–water partition coefficient (Wildman–Crippen LogP) is 1.90. The van der Waals surface area contributed by atoms with Gasteiger partial charge in [0.25, 0.3) is 11.8 Å². The second-order valence-corrected chi connectivity index (χ2v) is 6.61. The fraction of sp³-hybridized carbons (Fsp3) is 0.474. The Morgan fingerprint density at radius 3 is 2.52 bits per heavy atom. The zero-order chi connectivity index (χ0) is 19.2. The molecule has 0 aromatic carbocycles. The highest BCUT2D eigenvalue weighted by atomic mass is 16.3. The lowest BCUT2D eigenvalue weighted by Gasteiger charge is -2.34. The van der Waals surface area contributed by atoms with Gasteiger partial charge in [-0.05, 0) is 30.7 Å². The zero-order valence-corrected chi connectivity index (χ0v) is 15.8. The third-order valence-electron chi connectivity index (χ3n) is 4.69. The van der Waals surface area contributed by atoms with Crippen LogP contribution >= 0.6 is 0 Å². The number of hydrogen-bond donors (Lipinski definition) is 0. The summed E-state index contributed by atoms with van der Waals surface area (Å²) >= 11 is 0. The van der Waals surface area contributed by atoms with E-state index in [9.17, 15) is 9.59 Å². The summed E-state index contributed by atoms with van der Waals surface area (Å²) in [6.07, 6.45) is 3.51. The molecule has 144 valence electrons. The van der Waals surface area contributed by atoms with Gasteiger partial charge < -0.3 is 19.1 Å². The molecule has 0 spiro atoms. The van der Waals surface area contributed by atoms with Crippen LogP contribution in [0.1, 0.15) is 40.8 Å². The number of amides is 2. The molecule has 1 fully saturated rings. The minimum atomic E-state index is -0.114. The minimum Gasteiger partial charge on any atom is -0.459 e. The Labute approximate surface area is 158 Å². The normalized spacial score (nSPS) is 14.3. The molecular formula is C19H25N5O3. The number of carbonyl (C=O) groups excluding carboxylic acids is 2. The van der Waals surface area contributed by atoms with Crippen LogP contribution in [0.4, 0.5) is 5.82 Å². The summed E-state index contributed by atoms with van der Waals surface area (Å²) in [6.45, 7) is 5.29. The van der Waals surface area contributed by atoms with Crippen LogP contribution < -0.4 is 4.90 Å². The molecule has 0 N–H and O–H groups in total. The average Bonchev–Trinajstić information content (AvgIpc) is 3.26. The van der Waals surface area contributed by atoms with Crippen molar-refractivity contribution in [3.05, 3.63) is 42.0 Å². The summed E-state index contributed by atoms with van der Waals surface area (Å²) in [6, 6.07) is 6.92. The van der Waals surface area contributed by atoms with Gasteiger partial charge in [-0.25, -0.2) is 0 Å². The van der Waals surface area contributed by atoms with E-state index in [0.717, 1.165) is 12.8 Å². The quantitative estimate of drug-likeness (QED) is 0.771. The standard InChI is InChI=1S/C19H25N5O3/c1-3-4-9-22(2)18(25)15-7-8-17(21-20-15)23-10-12-24(13-11-23)19(26)16-6-5-14-27-16/h5-8,14H,3-4,9-13H2,1-2H3. The van der Waals surface area contributed by atoms with E-state index in [1.165, 1.54) is 6.26 Å². The summed E-state index contributed by atoms with van der Waals surface area (Å²) in [5.74, 6) is 0.865. The third-order valence-corrected chi connectivity index (χ3v) is 4.69. The molecule has 0 saturated carbocycles. The van der Waals surface area contributed by atoms with Crippen molar-refractivity contribution in [2.24, 2.45) is 0 Å². The lowest BCUT2D eigenvalue weighted by Crippen LogP contribution is -2.49. The summed E-state index contributed by atoms with van der Waals surface area (Å²) in [4.78, 5) is 30.1. The van der Waals surface area contributed by atoms with Crippen LogP contribution in [-0.4, -0.2) is 71.6 Å². The fourth-order valence-electron chi connectivity index (χ4n) is 3.00. The first-order valence-corrected chi connectivity index (χ1v) is 9.27. The molecule has 0 radical (unpaired) electrons. The molecule has 8 heteroatoms. The molecule has 0 unspecified atom stereocenters. The molecular weight excluding hydrogens is 346 g/mol. The lowest BCUT2D eigenvalue weighted by molar-refractivity contribution is 0.0713. The molecule has 2 aromatic heterocycles. The second kappa shape index (κ2) is 8.66. The van der Waals surface area contributed by atoms with Gasteiger partial charge in [-0.15, -0.1) is 10.2 Å². The molecule has 1 aliphatic rings. The minimum absolute atomic E-state index is 0.0956. The molecule has 0 aliphatic carbocycles. The molecule has 0 atom stereocenters. The summed E-state index contributed by atoms with van der Waals surface area (Å²) in [7, 11) is 1.78. The first kappa shape index (κ1) is 18.9. The highest BCUT2D eigenvalue weighted by Gasteiger charge is 2.24. The monoisotopic (exact) mass is 371 g/mol. The smallest absolute Gasteiger partial charge is 0.289 e. The first-order chi connectivity index (χ1) is 13.1. The summed E-state index contributed by atoms with van der Waals surface area (Å²) in [5.41, 5.74) is 0.351. The van der Waals surface area contributed by atoms with Gasteiger partial charge in [-0.2, -0.15) is 0 Å². The number of unbranched alkanes of at least 4 members (excludes halogenated alkanes) is 1. The van der Waals surface area contributed by atoms with Crippen LogP contribution in [0.2, 0.25) is 0 Å². The van der Waals surface area contributed by atoms with Gasteiger partial charge in [0.1, 0.15) is 0 Å². The van der Waals surface area contributed by atoms with Gasteiger partial charge in [0.05, 0.1) is 6.26 Å². The topological polar surface area (TPSA) is 82.8 Å². The SMILES string of the molecule is CCCCN(C)C(=O)c1ccc(N2CCN(C(=O)c3ccco3)CC2)nn1. The number of hydrogen-bond acceptors (Lipinski definition) is 6. The summed E-state index contributed by atoms with van der Waals surface area (Å²) < 4.78 is 5.18. The van der Waals surface area contributed by atoms with Gasteiger partial charge in [-0.3, -0.25) is 9.59 Å². The fourth-order valence-corrected chi connectivity index (χ4v) is 3.00. The van der Waals surface area contributed by atoms with Crippen molar-refractivity contribution in [3.8, 4) is 0 Å². The van der Waals surface area contributed by atoms with E-state index in [1.807, 2.05) is 6.07 Å². The Morgan fingerprint density at radius 1 is 1.15 bits per heavy atom. The average molecular weight is 371 g/mol. The molecule has 27 heavy (non-hydrogen) atoms. The number of piperazine rings is 1. The zero-order valence-electron chi connectivity index (χ0n) is 15.8. The molecule has 1 aliphatic heterocycles. The Balaban J connectivity index is 1.55. The van der Waals surface area contributed by atoms with Crippen LogP contribution in [0.5, 0.6) is 0 Å². The summed E-state index contributed by atoms with van der Waals surface area (Å²) in [5, 5.41) is 8.31. The van der Waals surface area contributed by atoms with Crippen LogP contribution in [0.3, 0.4) is 0 Å². The molecule has 8 nitrogen and oxygen atoms in total. The van der Waals surface area contributed by atoms with E-state index >= 15 is 0 Å². The highest BCUT2D eigenvalue weighted by Crippen LogP contribution is 2.15. The van der Waals surface area contributed by atoms with Crippen molar-refractivity contribution in [2.75, 3.05) is 44.7 Å². The van der Waals surface area contributed by atoms with Crippen molar-refractivity contribution < 1.29 is 14.0 Å². The molecule has 3 heterocycles. The van der Waals surface area contributed by atoms with Gasteiger partial charge in [0.15, 0.2) is 17.3 Å². The third kappa shape index (κ3) is 4.45. The predicted molar refractivity (Wildman–Crippen MR) is 101 cm³/mol. The maximum Gasteiger partial charge on any atom is 0.289 e. The molecule has 1 saturated heterocycles. The van der Waals surface area contributed by atoms with E-state index < -0.39 is 0 Å². The van der Waals surface area contributed by atoms with E-state index in [2.05, 4.69) is 22.0 Å². The van der Waals surface area contributed by atoms with Gasteiger partial charge in [0.2, 0.25) is 0 Å². The molecule has 2 aromatic rings. The van der Waals surface area contributed by atoms with Crippen LogP contribution in [0.25, 0.3) is 0 Å². The Kier molecular flexibility index (Phi) is 6.05. The van der Waals surface area contributed by atoms with Gasteiger partial charge in [0, 0.05) is 39.8 Å². The Hall–Kier alpha value is -2.90. The molecule has 0 bridgehead atoms. The maximum absolute atomic E-state index is 12.3. The van der Waals surface area contributed by atoms with Crippen molar-refractivity contribution in [1.29, 1.82) is 0 Å². The van der Waals surface area contributed by atoms with Crippen LogP contribution in [-0.2, 0) is 0 Å². The van der Waals surface area contributed by atoms with Crippen molar-refractivity contribution in [3.63, 3.8) is 0 Å². The van der Waals surface area contributed by atoms with Gasteiger partial charge >= 0.3 is 0 Å². The number of carbonyl (C=O) groups is 2.